The molecule has 0 aromatic heterocycles. The Bertz CT molecular complexity index is 755. The molecule has 0 radical (unpaired) electrons. The molecule has 0 aliphatic rings. The molecule has 5 heteroatoms. The molecule has 0 saturated carbocycles. The highest BCUT2D eigenvalue weighted by molar-refractivity contribution is 8.00. The van der Waals surface area contributed by atoms with E-state index in [1.54, 1.807) is 0 Å². The SMILES string of the molecule is CCc1ccc(C(NC(=O)CSc2ccc(NC(C)=O)cc2)C(C)C)cc1. The number of rotatable bonds is 8. The van der Waals surface area contributed by atoms with Crippen molar-refractivity contribution in [2.75, 3.05) is 11.1 Å². The number of hydrogen-bond donors (Lipinski definition) is 2. The summed E-state index contributed by atoms with van der Waals surface area (Å²) in [5.41, 5.74) is 3.19. The second-order valence-corrected chi connectivity index (χ2v) is 7.93. The van der Waals surface area contributed by atoms with Crippen LogP contribution in [0.25, 0.3) is 0 Å². The van der Waals surface area contributed by atoms with Gasteiger partial charge in [-0.1, -0.05) is 45.0 Å². The molecule has 27 heavy (non-hydrogen) atoms. The van der Waals surface area contributed by atoms with Crippen molar-refractivity contribution < 1.29 is 9.59 Å². The van der Waals surface area contributed by atoms with Crippen molar-refractivity contribution in [3.05, 3.63) is 59.7 Å². The molecule has 1 unspecified atom stereocenters. The zero-order valence-corrected chi connectivity index (χ0v) is 17.2. The van der Waals surface area contributed by atoms with E-state index in [2.05, 4.69) is 55.7 Å². The molecule has 0 saturated heterocycles. The molecule has 0 aliphatic heterocycles. The van der Waals surface area contributed by atoms with E-state index in [4.69, 9.17) is 0 Å². The second-order valence-electron chi connectivity index (χ2n) is 6.88. The van der Waals surface area contributed by atoms with E-state index >= 15 is 0 Å². The standard InChI is InChI=1S/C22H28N2O2S/c1-5-17-6-8-18(9-7-17)22(15(2)3)24-21(26)14-27-20-12-10-19(11-13-20)23-16(4)25/h6-13,15,22H,5,14H2,1-4H3,(H,23,25)(H,24,26). The fraction of sp³-hybridized carbons (Fsp3) is 0.364. The van der Waals surface area contributed by atoms with Crippen LogP contribution in [0.3, 0.4) is 0 Å². The molecular weight excluding hydrogens is 356 g/mol. The summed E-state index contributed by atoms with van der Waals surface area (Å²) in [5.74, 6) is 0.587. The number of carbonyl (C=O) groups is 2. The van der Waals surface area contributed by atoms with Crippen LogP contribution in [0.4, 0.5) is 5.69 Å². The number of aryl methyl sites for hydroxylation is 1. The fourth-order valence-electron chi connectivity index (χ4n) is 2.80. The Hall–Kier alpha value is -2.27. The van der Waals surface area contributed by atoms with Gasteiger partial charge in [-0.2, -0.15) is 0 Å². The molecule has 0 aliphatic carbocycles. The van der Waals surface area contributed by atoms with Gasteiger partial charge in [0.1, 0.15) is 0 Å². The van der Waals surface area contributed by atoms with E-state index in [0.29, 0.717) is 11.7 Å². The molecule has 0 spiro atoms. The lowest BCUT2D eigenvalue weighted by Crippen LogP contribution is -2.33. The van der Waals surface area contributed by atoms with Gasteiger partial charge in [0.15, 0.2) is 0 Å². The van der Waals surface area contributed by atoms with Crippen molar-refractivity contribution in [1.82, 2.24) is 5.32 Å². The number of amides is 2. The van der Waals surface area contributed by atoms with Crippen LogP contribution < -0.4 is 10.6 Å². The van der Waals surface area contributed by atoms with E-state index < -0.39 is 0 Å². The van der Waals surface area contributed by atoms with Gasteiger partial charge in [-0.3, -0.25) is 9.59 Å². The molecule has 1 atom stereocenters. The van der Waals surface area contributed by atoms with Gasteiger partial charge in [0.2, 0.25) is 11.8 Å². The second kappa shape index (κ2) is 10.2. The van der Waals surface area contributed by atoms with E-state index in [-0.39, 0.29) is 17.9 Å². The smallest absolute Gasteiger partial charge is 0.230 e. The summed E-state index contributed by atoms with van der Waals surface area (Å²) in [7, 11) is 0. The van der Waals surface area contributed by atoms with E-state index in [0.717, 1.165) is 22.6 Å². The van der Waals surface area contributed by atoms with Crippen molar-refractivity contribution in [2.24, 2.45) is 5.92 Å². The summed E-state index contributed by atoms with van der Waals surface area (Å²) in [5, 5.41) is 5.90. The summed E-state index contributed by atoms with van der Waals surface area (Å²) in [6.45, 7) is 7.85. The first-order valence-corrected chi connectivity index (χ1v) is 10.3. The van der Waals surface area contributed by atoms with Crippen LogP contribution in [0.5, 0.6) is 0 Å². The summed E-state index contributed by atoms with van der Waals surface area (Å²) in [6.07, 6.45) is 1.01. The summed E-state index contributed by atoms with van der Waals surface area (Å²) >= 11 is 1.49. The van der Waals surface area contributed by atoms with Crippen molar-refractivity contribution >= 4 is 29.3 Å². The van der Waals surface area contributed by atoms with Gasteiger partial charge in [-0.05, 0) is 47.7 Å². The van der Waals surface area contributed by atoms with Crippen LogP contribution in [-0.4, -0.2) is 17.6 Å². The van der Waals surface area contributed by atoms with Crippen molar-refractivity contribution in [1.29, 1.82) is 0 Å². The molecule has 2 aromatic carbocycles. The first kappa shape index (κ1) is 21.0. The lowest BCUT2D eigenvalue weighted by molar-refractivity contribution is -0.119. The molecule has 0 fully saturated rings. The van der Waals surface area contributed by atoms with Crippen LogP contribution in [0.2, 0.25) is 0 Å². The van der Waals surface area contributed by atoms with E-state index in [1.807, 2.05) is 24.3 Å². The third kappa shape index (κ3) is 6.75. The van der Waals surface area contributed by atoms with Crippen molar-refractivity contribution in [2.45, 2.75) is 45.1 Å². The molecule has 2 rings (SSSR count). The van der Waals surface area contributed by atoms with Gasteiger partial charge in [0, 0.05) is 17.5 Å². The minimum absolute atomic E-state index is 0.00569. The van der Waals surface area contributed by atoms with Crippen molar-refractivity contribution in [3.63, 3.8) is 0 Å². The highest BCUT2D eigenvalue weighted by Crippen LogP contribution is 2.24. The average Bonchev–Trinajstić information content (AvgIpc) is 2.65. The molecule has 2 amide bonds. The normalized spacial score (nSPS) is 11.9. The third-order valence-electron chi connectivity index (χ3n) is 4.27. The summed E-state index contributed by atoms with van der Waals surface area (Å²) in [4.78, 5) is 24.5. The molecule has 0 bridgehead atoms. The van der Waals surface area contributed by atoms with Crippen molar-refractivity contribution in [3.8, 4) is 0 Å². The number of hydrogen-bond acceptors (Lipinski definition) is 3. The number of benzene rings is 2. The minimum atomic E-state index is -0.0959. The van der Waals surface area contributed by atoms with Gasteiger partial charge in [-0.25, -0.2) is 0 Å². The molecule has 0 heterocycles. The monoisotopic (exact) mass is 384 g/mol. The van der Waals surface area contributed by atoms with Gasteiger partial charge >= 0.3 is 0 Å². The molecule has 2 aromatic rings. The zero-order valence-electron chi connectivity index (χ0n) is 16.4. The van der Waals surface area contributed by atoms with Gasteiger partial charge < -0.3 is 10.6 Å². The largest absolute Gasteiger partial charge is 0.348 e. The number of carbonyl (C=O) groups excluding carboxylic acids is 2. The number of anilines is 1. The maximum absolute atomic E-state index is 12.5. The Morgan fingerprint density at radius 3 is 2.15 bits per heavy atom. The Kier molecular flexibility index (Phi) is 7.92. The van der Waals surface area contributed by atoms with E-state index in [9.17, 15) is 9.59 Å². The topological polar surface area (TPSA) is 58.2 Å². The molecule has 144 valence electrons. The third-order valence-corrected chi connectivity index (χ3v) is 5.29. The molecule has 4 nitrogen and oxygen atoms in total. The maximum atomic E-state index is 12.5. The Morgan fingerprint density at radius 1 is 1.00 bits per heavy atom. The van der Waals surface area contributed by atoms with Crippen LogP contribution >= 0.6 is 11.8 Å². The lowest BCUT2D eigenvalue weighted by atomic mass is 9.95. The molecule has 2 N–H and O–H groups in total. The average molecular weight is 385 g/mol. The Morgan fingerprint density at radius 2 is 1.63 bits per heavy atom. The predicted octanol–water partition coefficient (Wildman–Crippen LogP) is 4.81. The van der Waals surface area contributed by atoms with Gasteiger partial charge in [0.05, 0.1) is 11.8 Å². The zero-order chi connectivity index (χ0) is 19.8. The Balaban J connectivity index is 1.92. The molecular formula is C22H28N2O2S. The highest BCUT2D eigenvalue weighted by atomic mass is 32.2. The van der Waals surface area contributed by atoms with Crippen LogP contribution in [0, 0.1) is 5.92 Å². The van der Waals surface area contributed by atoms with E-state index in [1.165, 1.54) is 24.2 Å². The van der Waals surface area contributed by atoms with Gasteiger partial charge in [0.25, 0.3) is 0 Å². The van der Waals surface area contributed by atoms with Crippen LogP contribution in [0.15, 0.2) is 53.4 Å². The maximum Gasteiger partial charge on any atom is 0.230 e. The van der Waals surface area contributed by atoms with Crippen LogP contribution in [-0.2, 0) is 16.0 Å². The first-order chi connectivity index (χ1) is 12.9. The summed E-state index contributed by atoms with van der Waals surface area (Å²) < 4.78 is 0. The fourth-order valence-corrected chi connectivity index (χ4v) is 3.51. The minimum Gasteiger partial charge on any atom is -0.348 e. The highest BCUT2D eigenvalue weighted by Gasteiger charge is 2.18. The lowest BCUT2D eigenvalue weighted by Gasteiger charge is -2.23. The number of nitrogens with one attached hydrogen (secondary N) is 2. The Labute approximate surface area is 166 Å². The van der Waals surface area contributed by atoms with Gasteiger partial charge in [-0.15, -0.1) is 11.8 Å². The predicted molar refractivity (Wildman–Crippen MR) is 113 cm³/mol. The first-order valence-electron chi connectivity index (χ1n) is 9.27. The quantitative estimate of drug-likeness (QED) is 0.642. The number of thioether (sulfide) groups is 1. The summed E-state index contributed by atoms with van der Waals surface area (Å²) in [6, 6.07) is 16.0. The van der Waals surface area contributed by atoms with Crippen LogP contribution in [0.1, 0.15) is 44.9 Å².